The lowest BCUT2D eigenvalue weighted by atomic mass is 10.2. The SMILES string of the molecule is O=C(NCCOCCOCCNc1nc(Nc2ccccc2)nc(Nc2ccc(-c3nnn[nH]3)cc2)n1)c1ccccc1. The molecule has 0 aliphatic rings. The molecule has 5 aromatic rings. The first kappa shape index (κ1) is 29.0. The van der Waals surface area contributed by atoms with Crippen LogP contribution < -0.4 is 21.3 Å². The number of tetrazole rings is 1. The molecule has 0 aliphatic carbocycles. The molecular formula is C29H31N11O3. The first-order chi connectivity index (χ1) is 21.2. The number of hydrogen-bond donors (Lipinski definition) is 5. The van der Waals surface area contributed by atoms with Gasteiger partial charge >= 0.3 is 0 Å². The molecule has 1 amide bonds. The normalized spacial score (nSPS) is 10.7. The molecule has 0 atom stereocenters. The Labute approximate surface area is 247 Å². The fourth-order valence-electron chi connectivity index (χ4n) is 3.82. The van der Waals surface area contributed by atoms with Gasteiger partial charge in [-0.1, -0.05) is 36.4 Å². The lowest BCUT2D eigenvalue weighted by Crippen LogP contribution is -2.27. The van der Waals surface area contributed by atoms with Crippen molar-refractivity contribution in [1.29, 1.82) is 0 Å². The average molecular weight is 582 g/mol. The Balaban J connectivity index is 1.07. The molecule has 0 unspecified atom stereocenters. The fourth-order valence-corrected chi connectivity index (χ4v) is 3.82. The molecule has 14 nitrogen and oxygen atoms in total. The minimum atomic E-state index is -0.121. The van der Waals surface area contributed by atoms with Crippen molar-refractivity contribution in [2.75, 3.05) is 55.5 Å². The molecule has 2 heterocycles. The fraction of sp³-hybridized carbons (Fsp3) is 0.207. The summed E-state index contributed by atoms with van der Waals surface area (Å²) in [4.78, 5) is 25.5. The van der Waals surface area contributed by atoms with E-state index in [0.29, 0.717) is 68.7 Å². The predicted molar refractivity (Wildman–Crippen MR) is 161 cm³/mol. The van der Waals surface area contributed by atoms with Crippen LogP contribution in [0.1, 0.15) is 10.4 Å². The first-order valence-corrected chi connectivity index (χ1v) is 13.6. The van der Waals surface area contributed by atoms with E-state index < -0.39 is 0 Å². The number of nitrogens with one attached hydrogen (secondary N) is 5. The summed E-state index contributed by atoms with van der Waals surface area (Å²) in [7, 11) is 0. The van der Waals surface area contributed by atoms with Crippen LogP contribution in [0.25, 0.3) is 11.4 Å². The first-order valence-electron chi connectivity index (χ1n) is 13.6. The van der Waals surface area contributed by atoms with Crippen LogP contribution in [0.2, 0.25) is 0 Å². The van der Waals surface area contributed by atoms with Crippen LogP contribution in [-0.4, -0.2) is 81.0 Å². The molecule has 220 valence electrons. The maximum absolute atomic E-state index is 12.0. The van der Waals surface area contributed by atoms with E-state index in [-0.39, 0.29) is 5.91 Å². The second-order valence-electron chi connectivity index (χ2n) is 9.02. The largest absolute Gasteiger partial charge is 0.377 e. The number of amides is 1. The van der Waals surface area contributed by atoms with Crippen molar-refractivity contribution < 1.29 is 14.3 Å². The van der Waals surface area contributed by atoms with Gasteiger partial charge in [-0.05, 0) is 59.0 Å². The zero-order valence-electron chi connectivity index (χ0n) is 23.2. The molecule has 5 rings (SSSR count). The summed E-state index contributed by atoms with van der Waals surface area (Å²) in [5.74, 6) is 1.58. The van der Waals surface area contributed by atoms with Crippen molar-refractivity contribution in [2.24, 2.45) is 0 Å². The molecule has 5 N–H and O–H groups in total. The van der Waals surface area contributed by atoms with Crippen LogP contribution in [0, 0.1) is 0 Å². The highest BCUT2D eigenvalue weighted by molar-refractivity contribution is 5.94. The maximum atomic E-state index is 12.0. The van der Waals surface area contributed by atoms with E-state index in [1.54, 1.807) is 12.1 Å². The number of H-pyrrole nitrogens is 1. The number of ether oxygens (including phenoxy) is 2. The third-order valence-corrected chi connectivity index (χ3v) is 5.89. The second-order valence-corrected chi connectivity index (χ2v) is 9.02. The van der Waals surface area contributed by atoms with E-state index in [1.165, 1.54) is 0 Å². The summed E-state index contributed by atoms with van der Waals surface area (Å²) in [5.41, 5.74) is 3.10. The highest BCUT2D eigenvalue weighted by Gasteiger charge is 2.09. The van der Waals surface area contributed by atoms with Gasteiger partial charge in [0.25, 0.3) is 5.91 Å². The number of carbonyl (C=O) groups is 1. The standard InChI is InChI=1S/C29H31N11O3/c41-26(22-7-3-1-4-8-22)30-15-17-42-19-20-43-18-16-31-27-34-28(32-23-9-5-2-6-10-23)36-29(35-27)33-24-13-11-21(12-14-24)25-37-39-40-38-25/h1-14H,15-20H2,(H,30,41)(H,37,38,39,40)(H3,31,32,33,34,35,36). The second kappa shape index (κ2) is 15.5. The lowest BCUT2D eigenvalue weighted by molar-refractivity contribution is 0.0519. The zero-order valence-corrected chi connectivity index (χ0v) is 23.2. The molecule has 0 bridgehead atoms. The Bertz CT molecular complexity index is 1540. The monoisotopic (exact) mass is 581 g/mol. The number of carbonyl (C=O) groups excluding carboxylic acids is 1. The van der Waals surface area contributed by atoms with Crippen molar-refractivity contribution >= 4 is 35.1 Å². The quantitative estimate of drug-likeness (QED) is 0.107. The minimum absolute atomic E-state index is 0.121. The van der Waals surface area contributed by atoms with Crippen molar-refractivity contribution in [1.82, 2.24) is 40.9 Å². The third-order valence-electron chi connectivity index (χ3n) is 5.89. The lowest BCUT2D eigenvalue weighted by Gasteiger charge is -2.12. The summed E-state index contributed by atoms with van der Waals surface area (Å²) in [6, 6.07) is 26.2. The van der Waals surface area contributed by atoms with Gasteiger partial charge < -0.3 is 30.7 Å². The third kappa shape index (κ3) is 9.27. The summed E-state index contributed by atoms with van der Waals surface area (Å²) >= 11 is 0. The molecule has 0 saturated heterocycles. The van der Waals surface area contributed by atoms with Crippen molar-refractivity contribution in [2.45, 2.75) is 0 Å². The minimum Gasteiger partial charge on any atom is -0.377 e. The van der Waals surface area contributed by atoms with Crippen LogP contribution in [0.4, 0.5) is 29.2 Å². The molecular weight excluding hydrogens is 550 g/mol. The highest BCUT2D eigenvalue weighted by Crippen LogP contribution is 2.21. The van der Waals surface area contributed by atoms with Gasteiger partial charge in [-0.2, -0.15) is 15.0 Å². The van der Waals surface area contributed by atoms with Crippen LogP contribution in [0.3, 0.4) is 0 Å². The number of benzene rings is 3. The van der Waals surface area contributed by atoms with E-state index in [4.69, 9.17) is 9.47 Å². The molecule has 0 saturated carbocycles. The summed E-state index contributed by atoms with van der Waals surface area (Å²) in [6.07, 6.45) is 0. The van der Waals surface area contributed by atoms with Crippen LogP contribution in [0.15, 0.2) is 84.9 Å². The summed E-state index contributed by atoms with van der Waals surface area (Å²) in [6.45, 7) is 2.55. The number of aromatic nitrogens is 7. The van der Waals surface area contributed by atoms with Gasteiger partial charge in [-0.3, -0.25) is 4.79 Å². The van der Waals surface area contributed by atoms with Gasteiger partial charge in [0.05, 0.1) is 26.4 Å². The number of aromatic amines is 1. The van der Waals surface area contributed by atoms with E-state index in [9.17, 15) is 4.79 Å². The smallest absolute Gasteiger partial charge is 0.251 e. The average Bonchev–Trinajstić information content (AvgIpc) is 3.58. The van der Waals surface area contributed by atoms with Gasteiger partial charge in [-0.25, -0.2) is 5.10 Å². The van der Waals surface area contributed by atoms with Gasteiger partial charge in [-0.15, -0.1) is 5.10 Å². The molecule has 0 spiro atoms. The number of rotatable bonds is 16. The predicted octanol–water partition coefficient (Wildman–Crippen LogP) is 3.41. The van der Waals surface area contributed by atoms with Crippen LogP contribution in [-0.2, 0) is 9.47 Å². The van der Waals surface area contributed by atoms with E-state index >= 15 is 0 Å². The Morgan fingerprint density at radius 1 is 0.674 bits per heavy atom. The van der Waals surface area contributed by atoms with Crippen LogP contribution >= 0.6 is 0 Å². The van der Waals surface area contributed by atoms with E-state index in [1.807, 2.05) is 72.8 Å². The summed E-state index contributed by atoms with van der Waals surface area (Å²) in [5, 5.41) is 26.3. The zero-order chi connectivity index (χ0) is 29.5. The Kier molecular flexibility index (Phi) is 10.5. The molecule has 0 fully saturated rings. The number of hydrogen-bond acceptors (Lipinski definition) is 12. The van der Waals surface area contributed by atoms with Gasteiger partial charge in [0.2, 0.25) is 17.8 Å². The van der Waals surface area contributed by atoms with Crippen LogP contribution in [0.5, 0.6) is 0 Å². The molecule has 0 aliphatic heterocycles. The highest BCUT2D eigenvalue weighted by atomic mass is 16.5. The van der Waals surface area contributed by atoms with Crippen molar-refractivity contribution in [3.05, 3.63) is 90.5 Å². The molecule has 14 heteroatoms. The topological polar surface area (TPSA) is 177 Å². The van der Waals surface area contributed by atoms with E-state index in [2.05, 4.69) is 56.8 Å². The summed E-state index contributed by atoms with van der Waals surface area (Å²) < 4.78 is 11.2. The maximum Gasteiger partial charge on any atom is 0.251 e. The van der Waals surface area contributed by atoms with Crippen molar-refractivity contribution in [3.8, 4) is 11.4 Å². The Morgan fingerprint density at radius 3 is 1.93 bits per heavy atom. The Hall–Kier alpha value is -5.47. The molecule has 43 heavy (non-hydrogen) atoms. The van der Waals surface area contributed by atoms with Gasteiger partial charge in [0.1, 0.15) is 0 Å². The van der Waals surface area contributed by atoms with E-state index in [0.717, 1.165) is 16.9 Å². The molecule has 2 aromatic heterocycles. The van der Waals surface area contributed by atoms with Crippen molar-refractivity contribution in [3.63, 3.8) is 0 Å². The Morgan fingerprint density at radius 2 is 1.28 bits per heavy atom. The number of para-hydroxylation sites is 1. The molecule has 0 radical (unpaired) electrons. The number of nitrogens with zero attached hydrogens (tertiary/aromatic N) is 6. The number of anilines is 5. The van der Waals surface area contributed by atoms with Gasteiger partial charge in [0, 0.05) is 35.6 Å². The molecule has 3 aromatic carbocycles. The van der Waals surface area contributed by atoms with Gasteiger partial charge in [0.15, 0.2) is 5.82 Å².